The van der Waals surface area contributed by atoms with Crippen molar-refractivity contribution < 1.29 is 14.7 Å². The fourth-order valence-electron chi connectivity index (χ4n) is 5.02. The summed E-state index contributed by atoms with van der Waals surface area (Å²) in [4.78, 5) is 25.8. The van der Waals surface area contributed by atoms with Gasteiger partial charge in [-0.15, -0.1) is 0 Å². The second-order valence-corrected chi connectivity index (χ2v) is 12.2. The van der Waals surface area contributed by atoms with E-state index in [1.807, 2.05) is 6.92 Å². The number of aliphatic hydroxyl groups is 1. The summed E-state index contributed by atoms with van der Waals surface area (Å²) in [5.41, 5.74) is 1.68. The molecule has 0 heterocycles. The van der Waals surface area contributed by atoms with E-state index in [0.29, 0.717) is 47.5 Å². The van der Waals surface area contributed by atoms with Crippen LogP contribution in [0.1, 0.15) is 139 Å². The number of carbonyl (C=O) groups is 2. The van der Waals surface area contributed by atoms with E-state index in [0.717, 1.165) is 31.1 Å². The number of allylic oxidation sites excluding steroid dienone is 4. The zero-order valence-corrected chi connectivity index (χ0v) is 23.7. The van der Waals surface area contributed by atoms with Crippen molar-refractivity contribution in [1.82, 2.24) is 0 Å². The summed E-state index contributed by atoms with van der Waals surface area (Å²) in [6.45, 7) is 16.6. The van der Waals surface area contributed by atoms with E-state index in [-0.39, 0.29) is 11.6 Å². The van der Waals surface area contributed by atoms with Gasteiger partial charge in [0.05, 0.1) is 5.60 Å². The average Bonchev–Trinajstić information content (AvgIpc) is 2.74. The highest BCUT2D eigenvalue weighted by molar-refractivity contribution is 6.24. The molecule has 1 aliphatic carbocycles. The molecule has 0 aliphatic heterocycles. The normalized spacial score (nSPS) is 17.9. The van der Waals surface area contributed by atoms with Crippen LogP contribution in [-0.4, -0.2) is 22.3 Å². The molecule has 2 atom stereocenters. The SMILES string of the molecule is CC1=C(C)C(=O)C(CC(C)C)=C(CC[C@](C)(O)CCCCCCC[C@H](C)CCCC(C)C)C1=O. The Morgan fingerprint density at radius 3 is 1.79 bits per heavy atom. The molecule has 196 valence electrons. The summed E-state index contributed by atoms with van der Waals surface area (Å²) < 4.78 is 0. The van der Waals surface area contributed by atoms with Gasteiger partial charge >= 0.3 is 0 Å². The summed E-state index contributed by atoms with van der Waals surface area (Å²) in [6, 6.07) is 0. The van der Waals surface area contributed by atoms with Crippen LogP contribution in [0.25, 0.3) is 0 Å². The molecule has 0 aromatic rings. The molecule has 34 heavy (non-hydrogen) atoms. The lowest BCUT2D eigenvalue weighted by Crippen LogP contribution is -2.27. The van der Waals surface area contributed by atoms with Crippen LogP contribution in [0.4, 0.5) is 0 Å². The van der Waals surface area contributed by atoms with Gasteiger partial charge in [-0.3, -0.25) is 9.59 Å². The molecule has 0 radical (unpaired) electrons. The lowest BCUT2D eigenvalue weighted by molar-refractivity contribution is -0.116. The van der Waals surface area contributed by atoms with Crippen molar-refractivity contribution >= 4 is 11.6 Å². The van der Waals surface area contributed by atoms with Crippen molar-refractivity contribution in [3.05, 3.63) is 22.3 Å². The van der Waals surface area contributed by atoms with Gasteiger partial charge in [0, 0.05) is 22.3 Å². The molecule has 0 fully saturated rings. The second-order valence-electron chi connectivity index (χ2n) is 12.2. The molecular formula is C31H54O3. The summed E-state index contributed by atoms with van der Waals surface area (Å²) in [5.74, 6) is 2.00. The first-order valence-corrected chi connectivity index (χ1v) is 14.1. The van der Waals surface area contributed by atoms with Gasteiger partial charge in [-0.05, 0) is 64.2 Å². The fourth-order valence-corrected chi connectivity index (χ4v) is 5.02. The van der Waals surface area contributed by atoms with Gasteiger partial charge < -0.3 is 5.11 Å². The Bertz CT molecular complexity index is 721. The zero-order valence-electron chi connectivity index (χ0n) is 23.7. The minimum absolute atomic E-state index is 0.00184. The van der Waals surface area contributed by atoms with Crippen LogP contribution in [-0.2, 0) is 9.59 Å². The lowest BCUT2D eigenvalue weighted by atomic mass is 9.79. The van der Waals surface area contributed by atoms with E-state index < -0.39 is 5.60 Å². The fraction of sp³-hybridized carbons (Fsp3) is 0.806. The van der Waals surface area contributed by atoms with Crippen molar-refractivity contribution in [3.63, 3.8) is 0 Å². The third-order valence-corrected chi connectivity index (χ3v) is 7.57. The summed E-state index contributed by atoms with van der Waals surface area (Å²) in [7, 11) is 0. The van der Waals surface area contributed by atoms with Crippen LogP contribution in [0.15, 0.2) is 22.3 Å². The van der Waals surface area contributed by atoms with Gasteiger partial charge in [0.15, 0.2) is 11.6 Å². The monoisotopic (exact) mass is 474 g/mol. The number of rotatable bonds is 17. The maximum Gasteiger partial charge on any atom is 0.185 e. The molecule has 1 rings (SSSR count). The van der Waals surface area contributed by atoms with Gasteiger partial charge in [0.1, 0.15) is 0 Å². The topological polar surface area (TPSA) is 54.4 Å². The first-order chi connectivity index (χ1) is 15.9. The summed E-state index contributed by atoms with van der Waals surface area (Å²) in [6.07, 6.45) is 13.8. The van der Waals surface area contributed by atoms with Gasteiger partial charge in [-0.1, -0.05) is 92.4 Å². The van der Waals surface area contributed by atoms with Gasteiger partial charge in [0.25, 0.3) is 0 Å². The van der Waals surface area contributed by atoms with Crippen LogP contribution in [0.3, 0.4) is 0 Å². The molecule has 0 saturated heterocycles. The molecule has 0 aromatic heterocycles. The maximum absolute atomic E-state index is 12.9. The van der Waals surface area contributed by atoms with Crippen LogP contribution >= 0.6 is 0 Å². The number of Topliss-reactive ketones (excluding diaryl/α,β-unsaturated/α-hetero) is 2. The molecule has 0 aromatic carbocycles. The second kappa shape index (κ2) is 15.0. The first kappa shape index (κ1) is 30.8. The highest BCUT2D eigenvalue weighted by atomic mass is 16.3. The molecule has 3 nitrogen and oxygen atoms in total. The van der Waals surface area contributed by atoms with E-state index in [9.17, 15) is 14.7 Å². The van der Waals surface area contributed by atoms with Crippen molar-refractivity contribution in [2.75, 3.05) is 0 Å². The predicted octanol–water partition coefficient (Wildman–Crippen LogP) is 8.54. The molecule has 0 unspecified atom stereocenters. The van der Waals surface area contributed by atoms with E-state index in [4.69, 9.17) is 0 Å². The summed E-state index contributed by atoms with van der Waals surface area (Å²) >= 11 is 0. The molecule has 3 heteroatoms. The Kier molecular flexibility index (Phi) is 13.6. The van der Waals surface area contributed by atoms with Crippen molar-refractivity contribution in [3.8, 4) is 0 Å². The van der Waals surface area contributed by atoms with Gasteiger partial charge in [0.2, 0.25) is 0 Å². The van der Waals surface area contributed by atoms with E-state index in [1.165, 1.54) is 44.9 Å². The van der Waals surface area contributed by atoms with Crippen molar-refractivity contribution in [2.24, 2.45) is 17.8 Å². The molecular weight excluding hydrogens is 420 g/mol. The van der Waals surface area contributed by atoms with Crippen LogP contribution < -0.4 is 0 Å². The molecule has 1 N–H and O–H groups in total. The Morgan fingerprint density at radius 2 is 1.21 bits per heavy atom. The van der Waals surface area contributed by atoms with Crippen molar-refractivity contribution in [2.45, 2.75) is 144 Å². The lowest BCUT2D eigenvalue weighted by Gasteiger charge is -2.27. The predicted molar refractivity (Wildman–Crippen MR) is 145 cm³/mol. The number of hydrogen-bond acceptors (Lipinski definition) is 3. The average molecular weight is 475 g/mol. The Balaban J connectivity index is 2.40. The Hall–Kier alpha value is -1.22. The highest BCUT2D eigenvalue weighted by Gasteiger charge is 2.31. The zero-order chi connectivity index (χ0) is 25.9. The number of unbranched alkanes of at least 4 members (excludes halogenated alkanes) is 4. The molecule has 0 saturated carbocycles. The minimum Gasteiger partial charge on any atom is -0.390 e. The van der Waals surface area contributed by atoms with Crippen LogP contribution in [0.2, 0.25) is 0 Å². The van der Waals surface area contributed by atoms with E-state index in [2.05, 4.69) is 34.6 Å². The molecule has 0 spiro atoms. The first-order valence-electron chi connectivity index (χ1n) is 14.1. The van der Waals surface area contributed by atoms with Gasteiger partial charge in [-0.2, -0.15) is 0 Å². The highest BCUT2D eigenvalue weighted by Crippen LogP contribution is 2.33. The van der Waals surface area contributed by atoms with Crippen molar-refractivity contribution in [1.29, 1.82) is 0 Å². The van der Waals surface area contributed by atoms with E-state index in [1.54, 1.807) is 13.8 Å². The molecule has 0 amide bonds. The smallest absolute Gasteiger partial charge is 0.185 e. The number of carbonyl (C=O) groups excluding carboxylic acids is 2. The summed E-state index contributed by atoms with van der Waals surface area (Å²) in [5, 5.41) is 10.9. The third kappa shape index (κ3) is 11.0. The molecule has 1 aliphatic rings. The Labute approximate surface area is 210 Å². The number of hydrogen-bond donors (Lipinski definition) is 1. The minimum atomic E-state index is -0.797. The van der Waals surface area contributed by atoms with Crippen LogP contribution in [0.5, 0.6) is 0 Å². The molecule has 0 bridgehead atoms. The van der Waals surface area contributed by atoms with Crippen LogP contribution in [0, 0.1) is 17.8 Å². The maximum atomic E-state index is 12.9. The largest absolute Gasteiger partial charge is 0.390 e. The Morgan fingerprint density at radius 1 is 0.676 bits per heavy atom. The van der Waals surface area contributed by atoms with Gasteiger partial charge in [-0.25, -0.2) is 0 Å². The van der Waals surface area contributed by atoms with E-state index >= 15 is 0 Å². The number of ketones is 2. The standard InChI is InChI=1S/C31H54O3/c1-22(2)15-14-17-24(5)16-12-10-9-11-13-19-31(8,34)20-18-27-28(21-23(3)4)30(33)26(7)25(6)29(27)32/h22-24,34H,9-21H2,1-8H3/t24-,31+/m0/s1. The third-order valence-electron chi connectivity index (χ3n) is 7.57. The quantitative estimate of drug-likeness (QED) is 0.170.